The number of hydrogen-bond acceptors (Lipinski definition) is 3. The number of carbonyl (C=O) groups is 2. The molecule has 1 amide bonds. The molecule has 0 bridgehead atoms. The lowest BCUT2D eigenvalue weighted by Crippen LogP contribution is -2.30. The molecule has 5 nitrogen and oxygen atoms in total. The van der Waals surface area contributed by atoms with Gasteiger partial charge < -0.3 is 15.0 Å². The third-order valence-corrected chi connectivity index (χ3v) is 3.73. The lowest BCUT2D eigenvalue weighted by atomic mass is 10.0. The highest BCUT2D eigenvalue weighted by Gasteiger charge is 2.20. The number of benzene rings is 1. The smallest absolute Gasteiger partial charge is 0.307 e. The molecule has 6 heteroatoms. The van der Waals surface area contributed by atoms with E-state index in [1.54, 1.807) is 12.3 Å². The van der Waals surface area contributed by atoms with E-state index in [9.17, 15) is 9.59 Å². The summed E-state index contributed by atoms with van der Waals surface area (Å²) in [6.45, 7) is 1.98. The van der Waals surface area contributed by atoms with Gasteiger partial charge in [0.05, 0.1) is 19.6 Å². The Hall–Kier alpha value is -2.08. The Balaban J connectivity index is 2.18. The van der Waals surface area contributed by atoms with Crippen LogP contribution in [0.5, 0.6) is 0 Å². The van der Waals surface area contributed by atoms with Crippen molar-refractivity contribution in [3.8, 4) is 0 Å². The van der Waals surface area contributed by atoms with Gasteiger partial charge in [-0.1, -0.05) is 29.8 Å². The fourth-order valence-corrected chi connectivity index (χ4v) is 2.38. The van der Waals surface area contributed by atoms with Gasteiger partial charge in [-0.2, -0.15) is 0 Å². The summed E-state index contributed by atoms with van der Waals surface area (Å²) < 4.78 is 5.50. The van der Waals surface area contributed by atoms with E-state index in [0.717, 1.165) is 15.6 Å². The zero-order chi connectivity index (χ0) is 16.1. The number of methoxy groups -OCH3 is 1. The molecule has 1 unspecified atom stereocenters. The molecular formula is C16H17BrN2O3. The van der Waals surface area contributed by atoms with Crippen LogP contribution >= 0.6 is 15.9 Å². The minimum Gasteiger partial charge on any atom is -0.469 e. The predicted octanol–water partition coefficient (Wildman–Crippen LogP) is 3.12. The van der Waals surface area contributed by atoms with Crippen LogP contribution in [0, 0.1) is 6.92 Å². The fourth-order valence-electron chi connectivity index (χ4n) is 2.04. The minimum absolute atomic E-state index is 0.0766. The normalized spacial score (nSPS) is 11.8. The number of rotatable bonds is 5. The number of carbonyl (C=O) groups excluding carboxylic acids is 2. The number of esters is 1. The van der Waals surface area contributed by atoms with Gasteiger partial charge in [0.25, 0.3) is 5.91 Å². The Bertz CT molecular complexity index is 664. The van der Waals surface area contributed by atoms with E-state index in [4.69, 9.17) is 4.74 Å². The average Bonchev–Trinajstić information content (AvgIpc) is 2.94. The summed E-state index contributed by atoms with van der Waals surface area (Å²) in [5.41, 5.74) is 2.39. The van der Waals surface area contributed by atoms with E-state index in [-0.39, 0.29) is 18.3 Å². The standard InChI is InChI=1S/C16H17BrN2O3/c1-10-3-5-11(6-4-10)13(8-15(20)22-2)19-16(21)14-7-12(17)9-18-14/h3-7,9,13,18H,8H2,1-2H3,(H,19,21). The number of halogens is 1. The summed E-state index contributed by atoms with van der Waals surface area (Å²) in [6, 6.07) is 8.91. The van der Waals surface area contributed by atoms with Crippen LogP contribution in [0.25, 0.3) is 0 Å². The van der Waals surface area contributed by atoms with Crippen LogP contribution < -0.4 is 5.32 Å². The highest BCUT2D eigenvalue weighted by molar-refractivity contribution is 9.10. The minimum atomic E-state index is -0.442. The molecule has 1 aromatic heterocycles. The van der Waals surface area contributed by atoms with E-state index in [2.05, 4.69) is 26.2 Å². The number of H-pyrrole nitrogens is 1. The van der Waals surface area contributed by atoms with Crippen LogP contribution in [0.2, 0.25) is 0 Å². The molecule has 0 spiro atoms. The summed E-state index contributed by atoms with van der Waals surface area (Å²) in [6.07, 6.45) is 1.75. The highest BCUT2D eigenvalue weighted by Crippen LogP contribution is 2.19. The van der Waals surface area contributed by atoms with E-state index < -0.39 is 6.04 Å². The molecule has 0 saturated carbocycles. The van der Waals surface area contributed by atoms with Crippen molar-refractivity contribution in [1.29, 1.82) is 0 Å². The SMILES string of the molecule is COC(=O)CC(NC(=O)c1cc(Br)c[nH]1)c1ccc(C)cc1. The molecule has 2 rings (SSSR count). The highest BCUT2D eigenvalue weighted by atomic mass is 79.9. The zero-order valence-electron chi connectivity index (χ0n) is 12.4. The Morgan fingerprint density at radius 1 is 1.32 bits per heavy atom. The van der Waals surface area contributed by atoms with Gasteiger partial charge in [0.2, 0.25) is 0 Å². The average molecular weight is 365 g/mol. The predicted molar refractivity (Wildman–Crippen MR) is 86.5 cm³/mol. The maximum atomic E-state index is 12.3. The Morgan fingerprint density at radius 2 is 2.00 bits per heavy atom. The number of aromatic amines is 1. The number of hydrogen-bond donors (Lipinski definition) is 2. The van der Waals surface area contributed by atoms with E-state index in [1.807, 2.05) is 31.2 Å². The monoisotopic (exact) mass is 364 g/mol. The Morgan fingerprint density at radius 3 is 2.55 bits per heavy atom. The summed E-state index contributed by atoms with van der Waals surface area (Å²) in [4.78, 5) is 26.7. The molecule has 0 saturated heterocycles. The molecule has 1 heterocycles. The van der Waals surface area contributed by atoms with Crippen LogP contribution in [0.3, 0.4) is 0 Å². The number of nitrogens with one attached hydrogen (secondary N) is 2. The molecule has 1 atom stereocenters. The van der Waals surface area contributed by atoms with Crippen molar-refractivity contribution in [1.82, 2.24) is 10.3 Å². The summed E-state index contributed by atoms with van der Waals surface area (Å²) in [7, 11) is 1.33. The van der Waals surface area contributed by atoms with Crippen LogP contribution in [0.1, 0.15) is 34.1 Å². The van der Waals surface area contributed by atoms with Gasteiger partial charge in [-0.15, -0.1) is 0 Å². The lowest BCUT2D eigenvalue weighted by molar-refractivity contribution is -0.141. The van der Waals surface area contributed by atoms with Gasteiger partial charge in [0.15, 0.2) is 0 Å². The topological polar surface area (TPSA) is 71.2 Å². The molecular weight excluding hydrogens is 348 g/mol. The number of amides is 1. The first-order valence-electron chi connectivity index (χ1n) is 6.77. The van der Waals surface area contributed by atoms with Gasteiger partial charge in [-0.05, 0) is 34.5 Å². The van der Waals surface area contributed by atoms with Crippen molar-refractivity contribution in [3.05, 3.63) is 57.8 Å². The summed E-state index contributed by atoms with van der Waals surface area (Å²) in [5.74, 6) is -0.654. The van der Waals surface area contributed by atoms with Crippen LogP contribution in [0.15, 0.2) is 41.0 Å². The second kappa shape index (κ2) is 7.26. The first kappa shape index (κ1) is 16.3. The maximum Gasteiger partial charge on any atom is 0.307 e. The van der Waals surface area contributed by atoms with E-state index in [0.29, 0.717) is 5.69 Å². The molecule has 0 aliphatic rings. The van der Waals surface area contributed by atoms with Crippen molar-refractivity contribution < 1.29 is 14.3 Å². The summed E-state index contributed by atoms with van der Waals surface area (Å²) >= 11 is 3.29. The second-order valence-electron chi connectivity index (χ2n) is 4.95. The second-order valence-corrected chi connectivity index (χ2v) is 5.86. The molecule has 0 fully saturated rings. The molecule has 116 valence electrons. The van der Waals surface area contributed by atoms with E-state index >= 15 is 0 Å². The number of ether oxygens (including phenoxy) is 1. The third kappa shape index (κ3) is 4.21. The Labute approximate surface area is 137 Å². The van der Waals surface area contributed by atoms with Crippen LogP contribution in [0.4, 0.5) is 0 Å². The van der Waals surface area contributed by atoms with Crippen LogP contribution in [-0.4, -0.2) is 24.0 Å². The van der Waals surface area contributed by atoms with Gasteiger partial charge >= 0.3 is 5.97 Å². The fraction of sp³-hybridized carbons (Fsp3) is 0.250. The molecule has 2 N–H and O–H groups in total. The molecule has 0 radical (unpaired) electrons. The molecule has 0 aliphatic carbocycles. The van der Waals surface area contributed by atoms with Crippen molar-refractivity contribution in [2.24, 2.45) is 0 Å². The van der Waals surface area contributed by atoms with Gasteiger partial charge in [-0.3, -0.25) is 9.59 Å². The number of aromatic nitrogens is 1. The van der Waals surface area contributed by atoms with Crippen molar-refractivity contribution in [2.45, 2.75) is 19.4 Å². The van der Waals surface area contributed by atoms with Gasteiger partial charge in [-0.25, -0.2) is 0 Å². The molecule has 2 aromatic rings. The molecule has 22 heavy (non-hydrogen) atoms. The van der Waals surface area contributed by atoms with Crippen molar-refractivity contribution in [2.75, 3.05) is 7.11 Å². The van der Waals surface area contributed by atoms with E-state index in [1.165, 1.54) is 7.11 Å². The molecule has 1 aromatic carbocycles. The zero-order valence-corrected chi connectivity index (χ0v) is 13.9. The summed E-state index contributed by atoms with van der Waals surface area (Å²) in [5, 5.41) is 2.86. The van der Waals surface area contributed by atoms with Crippen molar-refractivity contribution in [3.63, 3.8) is 0 Å². The largest absolute Gasteiger partial charge is 0.469 e. The van der Waals surface area contributed by atoms with Gasteiger partial charge in [0, 0.05) is 10.7 Å². The number of aryl methyl sites for hydroxylation is 1. The van der Waals surface area contributed by atoms with Crippen molar-refractivity contribution >= 4 is 27.8 Å². The first-order valence-corrected chi connectivity index (χ1v) is 7.57. The quantitative estimate of drug-likeness (QED) is 0.800. The maximum absolute atomic E-state index is 12.3. The Kier molecular flexibility index (Phi) is 5.38. The lowest BCUT2D eigenvalue weighted by Gasteiger charge is -2.18. The first-order chi connectivity index (χ1) is 10.5. The van der Waals surface area contributed by atoms with Crippen LogP contribution in [-0.2, 0) is 9.53 Å². The van der Waals surface area contributed by atoms with Gasteiger partial charge in [0.1, 0.15) is 5.69 Å². The molecule has 0 aliphatic heterocycles. The third-order valence-electron chi connectivity index (χ3n) is 3.28.